The van der Waals surface area contributed by atoms with Crippen molar-refractivity contribution in [1.82, 2.24) is 40.5 Å². The van der Waals surface area contributed by atoms with E-state index in [4.69, 9.17) is 0 Å². The molecule has 0 spiro atoms. The Hall–Kier alpha value is -3.33. The molecule has 1 fully saturated rings. The summed E-state index contributed by atoms with van der Waals surface area (Å²) in [6.45, 7) is 9.41. The molecule has 4 heterocycles. The van der Waals surface area contributed by atoms with Gasteiger partial charge in [0.1, 0.15) is 5.69 Å². The second-order valence-corrected chi connectivity index (χ2v) is 8.70. The van der Waals surface area contributed by atoms with Crippen molar-refractivity contribution in [2.45, 2.75) is 26.8 Å². The van der Waals surface area contributed by atoms with E-state index in [1.54, 1.807) is 18.6 Å². The Morgan fingerprint density at radius 1 is 1.13 bits per heavy atom. The number of anilines is 1. The maximum atomic E-state index is 4.64. The van der Waals surface area contributed by atoms with Gasteiger partial charge in [-0.15, -0.1) is 10.2 Å². The van der Waals surface area contributed by atoms with Gasteiger partial charge in [0.2, 0.25) is 5.95 Å². The molecular formula is C21H25N9. The number of hydrogen-bond donors (Lipinski definition) is 2. The predicted molar refractivity (Wildman–Crippen MR) is 115 cm³/mol. The third-order valence-corrected chi connectivity index (χ3v) is 5.67. The molecule has 2 N–H and O–H groups in total. The fraction of sp³-hybridized carbons (Fsp3) is 0.381. The first-order chi connectivity index (χ1) is 14.5. The zero-order valence-corrected chi connectivity index (χ0v) is 17.4. The van der Waals surface area contributed by atoms with Crippen LogP contribution >= 0.6 is 0 Å². The summed E-state index contributed by atoms with van der Waals surface area (Å²) in [6.07, 6.45) is 7.26. The SMILES string of the molecule is CC(C)(C)[C@H]1CN(c2ncc(-c3ccc(-n4cccn4)c4[nH]ncc34)nn2)CCN1. The minimum atomic E-state index is 0.176. The average molecular weight is 403 g/mol. The standard InChI is InChI=1S/C21H25N9/c1-21(2,3)18-13-29(10-8-22-18)20-23-12-16(26-28-20)14-5-6-17(30-9-4-7-25-30)19-15(14)11-24-27-19/h4-7,9,11-12,18,22H,8,10,13H2,1-3H3,(H,24,27)/t18-/m1/s1. The lowest BCUT2D eigenvalue weighted by molar-refractivity contribution is 0.252. The van der Waals surface area contributed by atoms with E-state index in [1.165, 1.54) is 0 Å². The molecule has 0 bridgehead atoms. The highest BCUT2D eigenvalue weighted by atomic mass is 15.3. The van der Waals surface area contributed by atoms with Gasteiger partial charge >= 0.3 is 0 Å². The molecule has 0 aliphatic carbocycles. The first-order valence-corrected chi connectivity index (χ1v) is 10.2. The summed E-state index contributed by atoms with van der Waals surface area (Å²) in [5, 5.41) is 25.1. The first kappa shape index (κ1) is 18.7. The number of aromatic amines is 1. The van der Waals surface area contributed by atoms with Crippen molar-refractivity contribution in [3.8, 4) is 16.9 Å². The number of piperazine rings is 1. The molecule has 1 atom stereocenters. The van der Waals surface area contributed by atoms with Gasteiger partial charge in [0, 0.05) is 49.0 Å². The summed E-state index contributed by atoms with van der Waals surface area (Å²) >= 11 is 0. The van der Waals surface area contributed by atoms with Crippen LogP contribution in [0.3, 0.4) is 0 Å². The molecule has 30 heavy (non-hydrogen) atoms. The van der Waals surface area contributed by atoms with E-state index in [0.29, 0.717) is 12.0 Å². The number of nitrogens with one attached hydrogen (secondary N) is 2. The molecule has 1 saturated heterocycles. The highest BCUT2D eigenvalue weighted by molar-refractivity contribution is 5.97. The number of H-pyrrole nitrogens is 1. The van der Waals surface area contributed by atoms with Gasteiger partial charge in [0.05, 0.1) is 23.6 Å². The molecule has 154 valence electrons. The van der Waals surface area contributed by atoms with E-state index in [9.17, 15) is 0 Å². The van der Waals surface area contributed by atoms with Gasteiger partial charge in [-0.05, 0) is 23.6 Å². The molecule has 9 heteroatoms. The van der Waals surface area contributed by atoms with Crippen LogP contribution in [-0.4, -0.2) is 60.8 Å². The number of aromatic nitrogens is 7. The second kappa shape index (κ2) is 7.17. The zero-order chi connectivity index (χ0) is 20.7. The van der Waals surface area contributed by atoms with Gasteiger partial charge in [-0.2, -0.15) is 10.2 Å². The Bertz CT molecular complexity index is 1140. The highest BCUT2D eigenvalue weighted by Gasteiger charge is 2.30. The number of fused-ring (bicyclic) bond motifs is 1. The quantitative estimate of drug-likeness (QED) is 0.542. The summed E-state index contributed by atoms with van der Waals surface area (Å²) in [6, 6.07) is 6.29. The van der Waals surface area contributed by atoms with Crippen molar-refractivity contribution >= 4 is 16.9 Å². The Morgan fingerprint density at radius 3 is 2.77 bits per heavy atom. The summed E-state index contributed by atoms with van der Waals surface area (Å²) in [5.41, 5.74) is 3.67. The van der Waals surface area contributed by atoms with Gasteiger partial charge < -0.3 is 10.2 Å². The Labute approximate surface area is 174 Å². The van der Waals surface area contributed by atoms with E-state index in [-0.39, 0.29) is 5.41 Å². The van der Waals surface area contributed by atoms with Crippen molar-refractivity contribution in [1.29, 1.82) is 0 Å². The summed E-state index contributed by atoms with van der Waals surface area (Å²) < 4.78 is 1.81. The average Bonchev–Trinajstić information content (AvgIpc) is 3.45. The van der Waals surface area contributed by atoms with Crippen molar-refractivity contribution in [3.05, 3.63) is 43.0 Å². The van der Waals surface area contributed by atoms with E-state index in [2.05, 4.69) is 61.5 Å². The highest BCUT2D eigenvalue weighted by Crippen LogP contribution is 2.30. The minimum absolute atomic E-state index is 0.176. The van der Waals surface area contributed by atoms with Crippen LogP contribution in [0.15, 0.2) is 43.0 Å². The number of nitrogens with zero attached hydrogens (tertiary/aromatic N) is 7. The van der Waals surface area contributed by atoms with Gasteiger partial charge in [0.25, 0.3) is 0 Å². The summed E-state index contributed by atoms with van der Waals surface area (Å²) in [4.78, 5) is 6.84. The molecule has 0 unspecified atom stereocenters. The van der Waals surface area contributed by atoms with Crippen molar-refractivity contribution in [2.75, 3.05) is 24.5 Å². The summed E-state index contributed by atoms with van der Waals surface area (Å²) in [5.74, 6) is 0.672. The van der Waals surface area contributed by atoms with Crippen LogP contribution in [0, 0.1) is 5.41 Å². The lowest BCUT2D eigenvalue weighted by Gasteiger charge is -2.40. The molecule has 5 rings (SSSR count). The monoisotopic (exact) mass is 403 g/mol. The minimum Gasteiger partial charge on any atom is -0.337 e. The van der Waals surface area contributed by atoms with E-state index in [1.807, 2.05) is 29.1 Å². The van der Waals surface area contributed by atoms with Crippen molar-refractivity contribution in [3.63, 3.8) is 0 Å². The molecule has 0 saturated carbocycles. The van der Waals surface area contributed by atoms with Crippen molar-refractivity contribution < 1.29 is 0 Å². The molecule has 1 aliphatic heterocycles. The maximum Gasteiger partial charge on any atom is 0.245 e. The number of hydrogen-bond acceptors (Lipinski definition) is 7. The van der Waals surface area contributed by atoms with Crippen LogP contribution < -0.4 is 10.2 Å². The molecule has 3 aromatic heterocycles. The topological polar surface area (TPSA) is 100 Å². The molecular weight excluding hydrogens is 378 g/mol. The fourth-order valence-corrected chi connectivity index (χ4v) is 3.90. The molecule has 0 radical (unpaired) electrons. The molecule has 0 amide bonds. The van der Waals surface area contributed by atoms with Crippen LogP contribution in [0.1, 0.15) is 20.8 Å². The molecule has 1 aliphatic rings. The fourth-order valence-electron chi connectivity index (χ4n) is 3.90. The first-order valence-electron chi connectivity index (χ1n) is 10.2. The molecule has 9 nitrogen and oxygen atoms in total. The van der Waals surface area contributed by atoms with Crippen LogP contribution in [0.4, 0.5) is 5.95 Å². The molecule has 4 aromatic rings. The third kappa shape index (κ3) is 3.30. The predicted octanol–water partition coefficient (Wildman–Crippen LogP) is 2.42. The zero-order valence-electron chi connectivity index (χ0n) is 17.4. The molecule has 1 aromatic carbocycles. The normalized spacial score (nSPS) is 17.6. The Morgan fingerprint density at radius 2 is 2.03 bits per heavy atom. The van der Waals surface area contributed by atoms with Crippen LogP contribution in [0.2, 0.25) is 0 Å². The third-order valence-electron chi connectivity index (χ3n) is 5.67. The number of benzene rings is 1. The van der Waals surface area contributed by atoms with Crippen molar-refractivity contribution in [2.24, 2.45) is 5.41 Å². The van der Waals surface area contributed by atoms with Gasteiger partial charge in [-0.1, -0.05) is 20.8 Å². The second-order valence-electron chi connectivity index (χ2n) is 8.70. The lowest BCUT2D eigenvalue weighted by Crippen LogP contribution is -2.56. The van der Waals surface area contributed by atoms with E-state index >= 15 is 0 Å². The van der Waals surface area contributed by atoms with Gasteiger partial charge in [-0.25, -0.2) is 9.67 Å². The lowest BCUT2D eigenvalue weighted by atomic mass is 9.85. The van der Waals surface area contributed by atoms with Crippen LogP contribution in [0.25, 0.3) is 27.8 Å². The van der Waals surface area contributed by atoms with Gasteiger partial charge in [0.15, 0.2) is 0 Å². The number of rotatable bonds is 3. The maximum absolute atomic E-state index is 4.64. The Kier molecular flexibility index (Phi) is 4.47. The van der Waals surface area contributed by atoms with E-state index in [0.717, 1.165) is 47.5 Å². The van der Waals surface area contributed by atoms with Gasteiger partial charge in [-0.3, -0.25) is 5.10 Å². The van der Waals surface area contributed by atoms with Crippen LogP contribution in [-0.2, 0) is 0 Å². The largest absolute Gasteiger partial charge is 0.337 e. The van der Waals surface area contributed by atoms with Crippen LogP contribution in [0.5, 0.6) is 0 Å². The van der Waals surface area contributed by atoms with E-state index < -0.39 is 0 Å². The summed E-state index contributed by atoms with van der Waals surface area (Å²) in [7, 11) is 0. The smallest absolute Gasteiger partial charge is 0.245 e. The Balaban J connectivity index is 1.45.